The fraction of sp³-hybridized carbons (Fsp3) is 0.250. The molecular formula is C12H11NO2. The van der Waals surface area contributed by atoms with Crippen LogP contribution >= 0.6 is 0 Å². The molecule has 1 aliphatic rings. The topological polar surface area (TPSA) is 53.1 Å². The van der Waals surface area contributed by atoms with E-state index in [0.29, 0.717) is 5.92 Å². The molecule has 0 aliphatic heterocycles. The van der Waals surface area contributed by atoms with Gasteiger partial charge in [-0.05, 0) is 36.5 Å². The standard InChI is InChI=1S/C12H11NO2/c14-12(15)11-6-9-8(7-4-5-7)2-1-3-10(9)13-11/h1-3,6-7,13H,4-5H2,(H,14,15). The number of hydrogen-bond acceptors (Lipinski definition) is 1. The highest BCUT2D eigenvalue weighted by Crippen LogP contribution is 2.43. The molecule has 3 rings (SSSR count). The number of carboxylic acid groups (broad SMARTS) is 1. The lowest BCUT2D eigenvalue weighted by Gasteiger charge is -1.98. The van der Waals surface area contributed by atoms with Gasteiger partial charge in [-0.2, -0.15) is 0 Å². The van der Waals surface area contributed by atoms with Crippen molar-refractivity contribution in [3.8, 4) is 0 Å². The first-order chi connectivity index (χ1) is 7.25. The van der Waals surface area contributed by atoms with E-state index in [1.165, 1.54) is 18.4 Å². The minimum Gasteiger partial charge on any atom is -0.477 e. The van der Waals surface area contributed by atoms with Crippen molar-refractivity contribution < 1.29 is 9.90 Å². The Labute approximate surface area is 86.7 Å². The summed E-state index contributed by atoms with van der Waals surface area (Å²) in [5.41, 5.74) is 2.49. The number of rotatable bonds is 2. The van der Waals surface area contributed by atoms with Crippen LogP contribution in [0.3, 0.4) is 0 Å². The summed E-state index contributed by atoms with van der Waals surface area (Å²) in [7, 11) is 0. The third-order valence-electron chi connectivity index (χ3n) is 2.95. The van der Waals surface area contributed by atoms with Crippen molar-refractivity contribution in [2.45, 2.75) is 18.8 Å². The van der Waals surface area contributed by atoms with Crippen LogP contribution in [0.4, 0.5) is 0 Å². The van der Waals surface area contributed by atoms with Crippen LogP contribution in [0, 0.1) is 0 Å². The molecule has 1 aromatic carbocycles. The van der Waals surface area contributed by atoms with Crippen LogP contribution in [0.5, 0.6) is 0 Å². The third kappa shape index (κ3) is 1.31. The first-order valence-corrected chi connectivity index (χ1v) is 5.10. The number of benzene rings is 1. The van der Waals surface area contributed by atoms with Crippen LogP contribution in [0.25, 0.3) is 10.9 Å². The first-order valence-electron chi connectivity index (χ1n) is 5.10. The Balaban J connectivity index is 2.24. The summed E-state index contributed by atoms with van der Waals surface area (Å²) in [5.74, 6) is -0.251. The molecule has 2 N–H and O–H groups in total. The van der Waals surface area contributed by atoms with Gasteiger partial charge in [-0.1, -0.05) is 12.1 Å². The molecule has 0 unspecified atom stereocenters. The number of H-pyrrole nitrogens is 1. The minimum atomic E-state index is -0.895. The van der Waals surface area contributed by atoms with E-state index in [9.17, 15) is 4.79 Å². The van der Waals surface area contributed by atoms with Gasteiger partial charge in [-0.3, -0.25) is 0 Å². The van der Waals surface area contributed by atoms with E-state index in [1.807, 2.05) is 12.1 Å². The zero-order valence-corrected chi connectivity index (χ0v) is 8.16. The van der Waals surface area contributed by atoms with Crippen LogP contribution < -0.4 is 0 Å². The Hall–Kier alpha value is -1.77. The molecule has 0 spiro atoms. The summed E-state index contributed by atoms with van der Waals surface area (Å²) >= 11 is 0. The Morgan fingerprint density at radius 3 is 2.87 bits per heavy atom. The van der Waals surface area contributed by atoms with Gasteiger partial charge in [0.15, 0.2) is 0 Å². The average molecular weight is 201 g/mol. The van der Waals surface area contributed by atoms with Crippen LogP contribution in [0.15, 0.2) is 24.3 Å². The van der Waals surface area contributed by atoms with Crippen molar-refractivity contribution in [2.75, 3.05) is 0 Å². The number of nitrogens with one attached hydrogen (secondary N) is 1. The second kappa shape index (κ2) is 2.86. The fourth-order valence-corrected chi connectivity index (χ4v) is 2.04. The molecule has 3 heteroatoms. The quantitative estimate of drug-likeness (QED) is 0.784. The van der Waals surface area contributed by atoms with E-state index >= 15 is 0 Å². The lowest BCUT2D eigenvalue weighted by Crippen LogP contribution is -1.94. The van der Waals surface area contributed by atoms with E-state index < -0.39 is 5.97 Å². The highest BCUT2D eigenvalue weighted by molar-refractivity contribution is 5.95. The van der Waals surface area contributed by atoms with Crippen molar-refractivity contribution in [3.63, 3.8) is 0 Å². The van der Waals surface area contributed by atoms with Crippen molar-refractivity contribution >= 4 is 16.9 Å². The minimum absolute atomic E-state index is 0.276. The number of hydrogen-bond donors (Lipinski definition) is 2. The average Bonchev–Trinajstić information content (AvgIpc) is 2.95. The smallest absolute Gasteiger partial charge is 0.352 e. The molecular weight excluding hydrogens is 190 g/mol. The van der Waals surface area contributed by atoms with Crippen LogP contribution in [0.1, 0.15) is 34.8 Å². The summed E-state index contributed by atoms with van der Waals surface area (Å²) in [5, 5.41) is 9.97. The third-order valence-corrected chi connectivity index (χ3v) is 2.95. The van der Waals surface area contributed by atoms with Crippen LogP contribution in [-0.4, -0.2) is 16.1 Å². The molecule has 1 aromatic heterocycles. The van der Waals surface area contributed by atoms with Crippen molar-refractivity contribution in [3.05, 3.63) is 35.5 Å². The van der Waals surface area contributed by atoms with Gasteiger partial charge in [-0.15, -0.1) is 0 Å². The molecule has 1 aliphatic carbocycles. The van der Waals surface area contributed by atoms with Gasteiger partial charge in [0.25, 0.3) is 0 Å². The van der Waals surface area contributed by atoms with E-state index in [0.717, 1.165) is 10.9 Å². The highest BCUT2D eigenvalue weighted by atomic mass is 16.4. The Morgan fingerprint density at radius 1 is 1.40 bits per heavy atom. The molecule has 0 amide bonds. The molecule has 1 fully saturated rings. The number of aromatic amines is 1. The monoisotopic (exact) mass is 201 g/mol. The predicted octanol–water partition coefficient (Wildman–Crippen LogP) is 2.74. The Kier molecular flexibility index (Phi) is 1.63. The molecule has 1 heterocycles. The first kappa shape index (κ1) is 8.53. The van der Waals surface area contributed by atoms with Gasteiger partial charge in [0.1, 0.15) is 5.69 Å². The summed E-state index contributed by atoms with van der Waals surface area (Å²) in [6.07, 6.45) is 2.46. The van der Waals surface area contributed by atoms with E-state index in [1.54, 1.807) is 6.07 Å². The number of carboxylic acids is 1. The molecule has 76 valence electrons. The number of fused-ring (bicyclic) bond motifs is 1. The second-order valence-corrected chi connectivity index (χ2v) is 4.07. The summed E-state index contributed by atoms with van der Waals surface area (Å²) < 4.78 is 0. The molecule has 0 atom stereocenters. The maximum Gasteiger partial charge on any atom is 0.352 e. The van der Waals surface area contributed by atoms with Crippen LogP contribution in [-0.2, 0) is 0 Å². The van der Waals surface area contributed by atoms with Gasteiger partial charge >= 0.3 is 5.97 Å². The van der Waals surface area contributed by atoms with Crippen molar-refractivity contribution in [1.82, 2.24) is 4.98 Å². The Bertz CT molecular complexity index is 538. The predicted molar refractivity (Wildman–Crippen MR) is 57.2 cm³/mol. The normalized spacial score (nSPS) is 15.7. The SMILES string of the molecule is O=C(O)c1cc2c(C3CC3)cccc2[nH]1. The molecule has 0 radical (unpaired) electrons. The second-order valence-electron chi connectivity index (χ2n) is 4.07. The zero-order chi connectivity index (χ0) is 10.4. The molecule has 15 heavy (non-hydrogen) atoms. The van der Waals surface area contributed by atoms with Crippen molar-refractivity contribution in [2.24, 2.45) is 0 Å². The molecule has 0 saturated heterocycles. The lowest BCUT2D eigenvalue weighted by molar-refractivity contribution is 0.0691. The summed E-state index contributed by atoms with van der Waals surface area (Å²) in [6, 6.07) is 7.75. The van der Waals surface area contributed by atoms with Gasteiger partial charge in [-0.25, -0.2) is 4.79 Å². The lowest BCUT2D eigenvalue weighted by atomic mass is 10.1. The molecule has 0 bridgehead atoms. The maximum atomic E-state index is 10.8. The zero-order valence-electron chi connectivity index (χ0n) is 8.16. The van der Waals surface area contributed by atoms with E-state index in [4.69, 9.17) is 5.11 Å². The van der Waals surface area contributed by atoms with Gasteiger partial charge < -0.3 is 10.1 Å². The molecule has 2 aromatic rings. The van der Waals surface area contributed by atoms with Gasteiger partial charge in [0.2, 0.25) is 0 Å². The van der Waals surface area contributed by atoms with Crippen LogP contribution in [0.2, 0.25) is 0 Å². The van der Waals surface area contributed by atoms with Gasteiger partial charge in [0, 0.05) is 10.9 Å². The summed E-state index contributed by atoms with van der Waals surface area (Å²) in [4.78, 5) is 13.8. The van der Waals surface area contributed by atoms with E-state index in [-0.39, 0.29) is 5.69 Å². The maximum absolute atomic E-state index is 10.8. The summed E-state index contributed by atoms with van der Waals surface area (Å²) in [6.45, 7) is 0. The van der Waals surface area contributed by atoms with E-state index in [2.05, 4.69) is 11.1 Å². The van der Waals surface area contributed by atoms with Crippen molar-refractivity contribution in [1.29, 1.82) is 0 Å². The number of carbonyl (C=O) groups is 1. The number of aromatic nitrogens is 1. The Morgan fingerprint density at radius 2 is 2.20 bits per heavy atom. The highest BCUT2D eigenvalue weighted by Gasteiger charge is 2.25. The molecule has 1 saturated carbocycles. The largest absolute Gasteiger partial charge is 0.477 e. The fourth-order valence-electron chi connectivity index (χ4n) is 2.04. The van der Waals surface area contributed by atoms with Gasteiger partial charge in [0.05, 0.1) is 0 Å². The molecule has 3 nitrogen and oxygen atoms in total. The number of aromatic carboxylic acids is 1.